The SMILES string of the molecule is CCOC(=O)c1ccc(-c2ccc(C=NNC(=S)NCc3ccco3)o2)cc1. The molecular formula is C20H19N3O4S. The van der Waals surface area contributed by atoms with Crippen LogP contribution in [0.1, 0.15) is 28.8 Å². The molecule has 0 radical (unpaired) electrons. The van der Waals surface area contributed by atoms with Crippen LogP contribution in [-0.4, -0.2) is 23.9 Å². The van der Waals surface area contributed by atoms with Gasteiger partial charge in [0.05, 0.1) is 31.2 Å². The molecular weight excluding hydrogens is 378 g/mol. The Bertz CT molecular complexity index is 946. The van der Waals surface area contributed by atoms with E-state index >= 15 is 0 Å². The molecule has 0 aliphatic carbocycles. The molecule has 0 unspecified atom stereocenters. The third-order valence-electron chi connectivity index (χ3n) is 3.67. The normalized spacial score (nSPS) is 10.8. The first kappa shape index (κ1) is 19.4. The highest BCUT2D eigenvalue weighted by atomic mass is 32.1. The van der Waals surface area contributed by atoms with Crippen LogP contribution in [-0.2, 0) is 11.3 Å². The molecule has 28 heavy (non-hydrogen) atoms. The number of thiocarbonyl (C=S) groups is 1. The highest BCUT2D eigenvalue weighted by molar-refractivity contribution is 7.80. The average molecular weight is 397 g/mol. The van der Waals surface area contributed by atoms with Crippen LogP contribution in [0.3, 0.4) is 0 Å². The highest BCUT2D eigenvalue weighted by Crippen LogP contribution is 2.22. The molecule has 144 valence electrons. The molecule has 2 N–H and O–H groups in total. The number of hydrazone groups is 1. The zero-order chi connectivity index (χ0) is 19.8. The van der Waals surface area contributed by atoms with E-state index in [1.165, 1.54) is 6.21 Å². The number of furan rings is 2. The van der Waals surface area contributed by atoms with Gasteiger partial charge in [-0.05, 0) is 55.5 Å². The van der Waals surface area contributed by atoms with Crippen molar-refractivity contribution in [2.75, 3.05) is 6.61 Å². The summed E-state index contributed by atoms with van der Waals surface area (Å²) in [5, 5.41) is 7.38. The number of rotatable bonds is 7. The van der Waals surface area contributed by atoms with Gasteiger partial charge in [-0.1, -0.05) is 12.1 Å². The van der Waals surface area contributed by atoms with E-state index in [2.05, 4.69) is 15.8 Å². The van der Waals surface area contributed by atoms with E-state index in [1.54, 1.807) is 43.5 Å². The van der Waals surface area contributed by atoms with Crippen molar-refractivity contribution in [2.45, 2.75) is 13.5 Å². The number of esters is 1. The van der Waals surface area contributed by atoms with Crippen molar-refractivity contribution in [3.05, 3.63) is 71.9 Å². The second kappa shape index (κ2) is 9.52. The first-order chi connectivity index (χ1) is 13.7. The van der Waals surface area contributed by atoms with E-state index in [1.807, 2.05) is 18.2 Å². The standard InChI is InChI=1S/C20H19N3O4S/c1-2-25-19(24)15-7-5-14(6-8-15)18-10-9-17(27-18)13-22-23-20(28)21-12-16-4-3-11-26-16/h3-11,13H,2,12H2,1H3,(H2,21,23,28). The highest BCUT2D eigenvalue weighted by Gasteiger charge is 2.08. The van der Waals surface area contributed by atoms with E-state index in [0.717, 1.165) is 11.3 Å². The number of hydrogen-bond donors (Lipinski definition) is 2. The van der Waals surface area contributed by atoms with Crippen molar-refractivity contribution in [1.29, 1.82) is 0 Å². The quantitative estimate of drug-likeness (QED) is 0.272. The number of carbonyl (C=O) groups excluding carboxylic acids is 1. The second-order valence-electron chi connectivity index (χ2n) is 5.63. The monoisotopic (exact) mass is 397 g/mol. The Morgan fingerprint density at radius 1 is 1.21 bits per heavy atom. The maximum Gasteiger partial charge on any atom is 0.338 e. The summed E-state index contributed by atoms with van der Waals surface area (Å²) in [7, 11) is 0. The van der Waals surface area contributed by atoms with Crippen molar-refractivity contribution in [3.63, 3.8) is 0 Å². The van der Waals surface area contributed by atoms with Crippen LogP contribution in [0.25, 0.3) is 11.3 Å². The Morgan fingerprint density at radius 3 is 2.75 bits per heavy atom. The fourth-order valence-electron chi connectivity index (χ4n) is 2.34. The van der Waals surface area contributed by atoms with Crippen molar-refractivity contribution < 1.29 is 18.4 Å². The molecule has 2 aromatic heterocycles. The van der Waals surface area contributed by atoms with Crippen LogP contribution >= 0.6 is 12.2 Å². The molecule has 3 aromatic rings. The van der Waals surface area contributed by atoms with Gasteiger partial charge in [-0.15, -0.1) is 0 Å². The maximum atomic E-state index is 11.7. The molecule has 7 nitrogen and oxygen atoms in total. The number of nitrogens with one attached hydrogen (secondary N) is 2. The van der Waals surface area contributed by atoms with Gasteiger partial charge in [0, 0.05) is 5.56 Å². The van der Waals surface area contributed by atoms with Gasteiger partial charge in [0.25, 0.3) is 0 Å². The van der Waals surface area contributed by atoms with Gasteiger partial charge in [-0.3, -0.25) is 5.43 Å². The van der Waals surface area contributed by atoms with Crippen molar-refractivity contribution in [3.8, 4) is 11.3 Å². The Labute approximate surface area is 167 Å². The third kappa shape index (κ3) is 5.31. The molecule has 0 aliphatic rings. The Balaban J connectivity index is 1.52. The minimum Gasteiger partial charge on any atom is -0.467 e. The van der Waals surface area contributed by atoms with Crippen LogP contribution in [0.2, 0.25) is 0 Å². The molecule has 0 amide bonds. The van der Waals surface area contributed by atoms with E-state index in [0.29, 0.717) is 35.3 Å². The number of ether oxygens (including phenoxy) is 1. The van der Waals surface area contributed by atoms with Crippen LogP contribution in [0.5, 0.6) is 0 Å². The largest absolute Gasteiger partial charge is 0.467 e. The number of benzene rings is 1. The summed E-state index contributed by atoms with van der Waals surface area (Å²) in [6.07, 6.45) is 3.13. The van der Waals surface area contributed by atoms with Gasteiger partial charge in [0.2, 0.25) is 0 Å². The Morgan fingerprint density at radius 2 is 2.04 bits per heavy atom. The molecule has 8 heteroatoms. The summed E-state index contributed by atoms with van der Waals surface area (Å²) in [5.41, 5.74) is 4.05. The molecule has 0 bridgehead atoms. The average Bonchev–Trinajstić information content (AvgIpc) is 3.39. The lowest BCUT2D eigenvalue weighted by Gasteiger charge is -2.04. The number of carbonyl (C=O) groups is 1. The zero-order valence-corrected chi connectivity index (χ0v) is 16.0. The van der Waals surface area contributed by atoms with Crippen molar-refractivity contribution >= 4 is 29.5 Å². The summed E-state index contributed by atoms with van der Waals surface area (Å²) < 4.78 is 15.9. The number of hydrogen-bond acceptors (Lipinski definition) is 6. The molecule has 2 heterocycles. The zero-order valence-electron chi connectivity index (χ0n) is 15.2. The predicted octanol–water partition coefficient (Wildman–Crippen LogP) is 3.71. The summed E-state index contributed by atoms with van der Waals surface area (Å²) in [6, 6.07) is 14.3. The van der Waals surface area contributed by atoms with Gasteiger partial charge in [-0.25, -0.2) is 4.79 Å². The van der Waals surface area contributed by atoms with E-state index in [4.69, 9.17) is 25.8 Å². The lowest BCUT2D eigenvalue weighted by Crippen LogP contribution is -2.31. The van der Waals surface area contributed by atoms with Crippen LogP contribution in [0.15, 0.2) is 68.7 Å². The van der Waals surface area contributed by atoms with Crippen LogP contribution in [0, 0.1) is 0 Å². The minimum atomic E-state index is -0.344. The molecule has 0 saturated heterocycles. The van der Waals surface area contributed by atoms with Crippen molar-refractivity contribution in [2.24, 2.45) is 5.10 Å². The number of nitrogens with zero attached hydrogens (tertiary/aromatic N) is 1. The predicted molar refractivity (Wildman–Crippen MR) is 109 cm³/mol. The summed E-state index contributed by atoms with van der Waals surface area (Å²) in [5.74, 6) is 1.66. The Hall–Kier alpha value is -3.39. The smallest absolute Gasteiger partial charge is 0.338 e. The first-order valence-corrected chi connectivity index (χ1v) is 9.03. The molecule has 0 spiro atoms. The van der Waals surface area contributed by atoms with Crippen LogP contribution in [0.4, 0.5) is 0 Å². The van der Waals surface area contributed by atoms with Gasteiger partial charge < -0.3 is 18.9 Å². The Kier molecular flexibility index (Phi) is 6.59. The molecule has 1 aromatic carbocycles. The van der Waals surface area contributed by atoms with E-state index in [-0.39, 0.29) is 5.97 Å². The molecule has 0 saturated carbocycles. The van der Waals surface area contributed by atoms with Gasteiger partial charge in [0.1, 0.15) is 17.3 Å². The van der Waals surface area contributed by atoms with E-state index < -0.39 is 0 Å². The summed E-state index contributed by atoms with van der Waals surface area (Å²) in [4.78, 5) is 11.7. The van der Waals surface area contributed by atoms with Gasteiger partial charge in [-0.2, -0.15) is 5.10 Å². The molecule has 0 atom stereocenters. The van der Waals surface area contributed by atoms with Gasteiger partial charge >= 0.3 is 5.97 Å². The fourth-order valence-corrected chi connectivity index (χ4v) is 2.46. The third-order valence-corrected chi connectivity index (χ3v) is 3.90. The molecule has 0 fully saturated rings. The van der Waals surface area contributed by atoms with Crippen molar-refractivity contribution in [1.82, 2.24) is 10.7 Å². The molecule has 0 aliphatic heterocycles. The lowest BCUT2D eigenvalue weighted by atomic mass is 10.1. The second-order valence-corrected chi connectivity index (χ2v) is 6.04. The van der Waals surface area contributed by atoms with Gasteiger partial charge in [0.15, 0.2) is 5.11 Å². The minimum absolute atomic E-state index is 0.344. The fraction of sp³-hybridized carbons (Fsp3) is 0.150. The first-order valence-electron chi connectivity index (χ1n) is 8.62. The van der Waals surface area contributed by atoms with Crippen LogP contribution < -0.4 is 10.7 Å². The summed E-state index contributed by atoms with van der Waals surface area (Å²) in [6.45, 7) is 2.59. The lowest BCUT2D eigenvalue weighted by molar-refractivity contribution is 0.0526. The van der Waals surface area contributed by atoms with E-state index in [9.17, 15) is 4.79 Å². The summed E-state index contributed by atoms with van der Waals surface area (Å²) >= 11 is 5.13. The molecule has 3 rings (SSSR count). The topological polar surface area (TPSA) is 89.0 Å². The maximum absolute atomic E-state index is 11.7.